The molecule has 2 heterocycles. The zero-order valence-electron chi connectivity index (χ0n) is 17.6. The molecular weight excluding hydrogens is 385 g/mol. The molecule has 0 unspecified atom stereocenters. The first kappa shape index (κ1) is 21.4. The maximum atomic E-state index is 13.3. The SMILES string of the molecule is CC.CC.CCc1nn(SF)c2cc([C@@H]3C[C@@]34C(=O)Nc3ccccc34)ccc12. The van der Waals surface area contributed by atoms with E-state index >= 15 is 0 Å². The van der Waals surface area contributed by atoms with E-state index < -0.39 is 5.41 Å². The molecule has 154 valence electrons. The maximum absolute atomic E-state index is 13.3. The van der Waals surface area contributed by atoms with Crippen molar-refractivity contribution in [2.24, 2.45) is 0 Å². The van der Waals surface area contributed by atoms with Gasteiger partial charge in [0, 0.05) is 17.0 Å². The molecule has 2 aromatic carbocycles. The molecule has 1 saturated carbocycles. The number of amides is 1. The van der Waals surface area contributed by atoms with Crippen molar-refractivity contribution in [2.75, 3.05) is 5.32 Å². The molecule has 0 bridgehead atoms. The fourth-order valence-corrected chi connectivity index (χ4v) is 4.60. The number of aryl methyl sites for hydroxylation is 1. The summed E-state index contributed by atoms with van der Waals surface area (Å²) in [5.41, 5.74) is 4.25. The quantitative estimate of drug-likeness (QED) is 0.540. The standard InChI is InChI=1S/C19H16FN3OS.2C2H6/c1-2-15-12-8-7-11(9-17(12)23(22-15)25-20)14-10-19(14)13-5-3-4-6-16(13)21-18(19)24;2*1-2/h3-9,14H,2,10H2,1H3,(H,21,24);2*1-2H3/t14-,19-;;/m0../s1. The first-order valence-electron chi connectivity index (χ1n) is 10.4. The van der Waals surface area contributed by atoms with E-state index in [-0.39, 0.29) is 24.2 Å². The topological polar surface area (TPSA) is 46.9 Å². The highest BCUT2D eigenvalue weighted by Crippen LogP contribution is 2.65. The molecule has 0 radical (unpaired) electrons. The molecule has 5 rings (SSSR count). The summed E-state index contributed by atoms with van der Waals surface area (Å²) in [4.78, 5) is 12.6. The molecule has 3 aromatic rings. The Labute approximate surface area is 176 Å². The van der Waals surface area contributed by atoms with Gasteiger partial charge in [0.2, 0.25) is 5.91 Å². The predicted octanol–water partition coefficient (Wildman–Crippen LogP) is 6.41. The van der Waals surface area contributed by atoms with Crippen molar-refractivity contribution < 1.29 is 8.68 Å². The Kier molecular flexibility index (Phi) is 6.32. The molecule has 29 heavy (non-hydrogen) atoms. The summed E-state index contributed by atoms with van der Waals surface area (Å²) in [5, 5.41) is 8.29. The van der Waals surface area contributed by atoms with Crippen molar-refractivity contribution in [3.05, 3.63) is 59.3 Å². The predicted molar refractivity (Wildman–Crippen MR) is 120 cm³/mol. The van der Waals surface area contributed by atoms with Gasteiger partial charge in [-0.05, 0) is 36.1 Å². The molecule has 1 spiro atoms. The number of carbonyl (C=O) groups excluding carboxylic acids is 1. The Bertz CT molecular complexity index is 1030. The third kappa shape index (κ3) is 3.23. The van der Waals surface area contributed by atoms with E-state index in [0.29, 0.717) is 0 Å². The van der Waals surface area contributed by atoms with E-state index in [1.165, 1.54) is 4.09 Å². The van der Waals surface area contributed by atoms with Crippen LogP contribution < -0.4 is 5.32 Å². The second-order valence-electron chi connectivity index (χ2n) is 6.75. The van der Waals surface area contributed by atoms with Crippen LogP contribution in [0.1, 0.15) is 63.8 Å². The monoisotopic (exact) mass is 413 g/mol. The van der Waals surface area contributed by atoms with Crippen molar-refractivity contribution in [1.82, 2.24) is 9.19 Å². The van der Waals surface area contributed by atoms with Gasteiger partial charge in [-0.1, -0.05) is 65.0 Å². The van der Waals surface area contributed by atoms with Gasteiger partial charge in [-0.15, -0.1) is 3.89 Å². The average Bonchev–Trinajstić information content (AvgIpc) is 3.35. The molecule has 2 aliphatic rings. The van der Waals surface area contributed by atoms with Crippen LogP contribution in [0.15, 0.2) is 42.5 Å². The summed E-state index contributed by atoms with van der Waals surface area (Å²) in [5.74, 6) is 0.194. The van der Waals surface area contributed by atoms with Gasteiger partial charge in [0.05, 0.1) is 16.6 Å². The minimum absolute atomic E-state index is 0.0708. The lowest BCUT2D eigenvalue weighted by molar-refractivity contribution is -0.118. The Morgan fingerprint density at radius 1 is 1.21 bits per heavy atom. The van der Waals surface area contributed by atoms with E-state index in [1.54, 1.807) is 0 Å². The summed E-state index contributed by atoms with van der Waals surface area (Å²) < 4.78 is 14.6. The van der Waals surface area contributed by atoms with Gasteiger partial charge in [-0.2, -0.15) is 9.19 Å². The molecule has 1 N–H and O–H groups in total. The van der Waals surface area contributed by atoms with Crippen LogP contribution >= 0.6 is 12.3 Å². The van der Waals surface area contributed by atoms with Crippen molar-refractivity contribution in [1.29, 1.82) is 0 Å². The number of rotatable bonds is 3. The van der Waals surface area contributed by atoms with Crippen LogP contribution in [0, 0.1) is 0 Å². The smallest absolute Gasteiger partial charge is 0.235 e. The number of nitrogens with one attached hydrogen (secondary N) is 1. The summed E-state index contributed by atoms with van der Waals surface area (Å²) in [6.07, 6.45) is 1.55. The zero-order valence-corrected chi connectivity index (χ0v) is 18.4. The summed E-state index contributed by atoms with van der Waals surface area (Å²) >= 11 is 0.114. The Morgan fingerprint density at radius 3 is 2.62 bits per heavy atom. The third-order valence-corrected chi connectivity index (χ3v) is 5.98. The van der Waals surface area contributed by atoms with Gasteiger partial charge in [-0.25, -0.2) is 0 Å². The molecule has 1 aromatic heterocycles. The number of para-hydroxylation sites is 1. The van der Waals surface area contributed by atoms with Gasteiger partial charge >= 0.3 is 0 Å². The Balaban J connectivity index is 0.000000568. The Morgan fingerprint density at radius 2 is 1.93 bits per heavy atom. The van der Waals surface area contributed by atoms with E-state index in [9.17, 15) is 8.68 Å². The fourth-order valence-electron chi connectivity index (χ4n) is 4.25. The van der Waals surface area contributed by atoms with Gasteiger partial charge in [0.25, 0.3) is 0 Å². The highest BCUT2D eigenvalue weighted by molar-refractivity contribution is 7.92. The van der Waals surface area contributed by atoms with Crippen LogP contribution in [0.25, 0.3) is 10.9 Å². The van der Waals surface area contributed by atoms with Crippen LogP contribution in [0.2, 0.25) is 0 Å². The van der Waals surface area contributed by atoms with E-state index in [1.807, 2.05) is 71.0 Å². The highest BCUT2D eigenvalue weighted by atomic mass is 32.2. The second kappa shape index (κ2) is 8.57. The number of hydrogen-bond acceptors (Lipinski definition) is 3. The minimum atomic E-state index is -0.467. The summed E-state index contributed by atoms with van der Waals surface area (Å²) in [7, 11) is 0. The lowest BCUT2D eigenvalue weighted by atomic mass is 9.92. The largest absolute Gasteiger partial charge is 0.325 e. The number of nitrogens with zero attached hydrogens (tertiary/aromatic N) is 2. The normalized spacial score (nSPS) is 21.0. The first-order valence-corrected chi connectivity index (χ1v) is 11.1. The van der Waals surface area contributed by atoms with Gasteiger partial charge in [0.1, 0.15) is 0 Å². The minimum Gasteiger partial charge on any atom is -0.325 e. The fraction of sp³-hybridized carbons (Fsp3) is 0.391. The molecule has 0 saturated heterocycles. The summed E-state index contributed by atoms with van der Waals surface area (Å²) in [6.45, 7) is 10.0. The summed E-state index contributed by atoms with van der Waals surface area (Å²) in [6, 6.07) is 13.9. The number of benzene rings is 2. The molecule has 1 aliphatic heterocycles. The van der Waals surface area contributed by atoms with Crippen molar-refractivity contribution in [3.8, 4) is 0 Å². The molecule has 1 aliphatic carbocycles. The van der Waals surface area contributed by atoms with Crippen LogP contribution in [-0.2, 0) is 16.6 Å². The van der Waals surface area contributed by atoms with Crippen LogP contribution in [0.5, 0.6) is 0 Å². The van der Waals surface area contributed by atoms with Gasteiger partial charge in [0.15, 0.2) is 12.3 Å². The van der Waals surface area contributed by atoms with Gasteiger partial charge < -0.3 is 5.32 Å². The van der Waals surface area contributed by atoms with Crippen molar-refractivity contribution in [2.45, 2.75) is 58.8 Å². The van der Waals surface area contributed by atoms with Crippen molar-refractivity contribution in [3.63, 3.8) is 0 Å². The number of fused-ring (bicyclic) bond motifs is 3. The molecule has 6 heteroatoms. The molecule has 1 fully saturated rings. The van der Waals surface area contributed by atoms with E-state index in [2.05, 4.69) is 16.5 Å². The number of aromatic nitrogens is 2. The molecular formula is C23H28FN3OS. The van der Waals surface area contributed by atoms with Crippen LogP contribution in [0.3, 0.4) is 0 Å². The second-order valence-corrected chi connectivity index (χ2v) is 7.23. The lowest BCUT2D eigenvalue weighted by Gasteiger charge is -2.09. The zero-order chi connectivity index (χ0) is 21.2. The van der Waals surface area contributed by atoms with Crippen LogP contribution in [-0.4, -0.2) is 15.1 Å². The maximum Gasteiger partial charge on any atom is 0.235 e. The number of hydrogen-bond donors (Lipinski definition) is 1. The van der Waals surface area contributed by atoms with Crippen molar-refractivity contribution >= 4 is 34.8 Å². The lowest BCUT2D eigenvalue weighted by Crippen LogP contribution is -2.20. The first-order chi connectivity index (χ1) is 14.2. The highest BCUT2D eigenvalue weighted by Gasteiger charge is 2.65. The number of anilines is 1. The Hall–Kier alpha value is -2.34. The van der Waals surface area contributed by atoms with E-state index in [0.717, 1.165) is 46.3 Å². The third-order valence-electron chi connectivity index (χ3n) is 5.57. The number of carbonyl (C=O) groups is 1. The van der Waals surface area contributed by atoms with Gasteiger partial charge in [-0.3, -0.25) is 4.79 Å². The molecule has 1 amide bonds. The number of halogens is 1. The average molecular weight is 414 g/mol. The molecule has 4 nitrogen and oxygen atoms in total. The molecule has 2 atom stereocenters. The van der Waals surface area contributed by atoms with E-state index in [4.69, 9.17) is 0 Å². The van der Waals surface area contributed by atoms with Crippen LogP contribution in [0.4, 0.5) is 9.57 Å².